The minimum atomic E-state index is -0.411. The first-order chi connectivity index (χ1) is 9.61. The highest BCUT2D eigenvalue weighted by Gasteiger charge is 2.39. The van der Waals surface area contributed by atoms with Crippen molar-refractivity contribution >= 4 is 11.6 Å². The molecule has 2 aromatic carbocycles. The summed E-state index contributed by atoms with van der Waals surface area (Å²) in [6, 6.07) is 11.4. The first kappa shape index (κ1) is 13.5. The molecule has 0 aromatic heterocycles. The lowest BCUT2D eigenvalue weighted by molar-refractivity contribution is 0.273. The molecule has 1 nitrogen and oxygen atoms in total. The van der Waals surface area contributed by atoms with Crippen molar-refractivity contribution in [3.63, 3.8) is 0 Å². The molecule has 0 amide bonds. The number of halogens is 3. The highest BCUT2D eigenvalue weighted by atomic mass is 35.5. The van der Waals surface area contributed by atoms with Gasteiger partial charge in [0.25, 0.3) is 0 Å². The number of hydrogen-bond acceptors (Lipinski definition) is 1. The summed E-state index contributed by atoms with van der Waals surface area (Å²) in [5.74, 6) is -0.662. The summed E-state index contributed by atoms with van der Waals surface area (Å²) in [5.41, 5.74) is 1.48. The zero-order chi connectivity index (χ0) is 14.2. The summed E-state index contributed by atoms with van der Waals surface area (Å²) in [5, 5.41) is 3.38. The van der Waals surface area contributed by atoms with Gasteiger partial charge in [0.15, 0.2) is 0 Å². The standard InChI is InChI=1S/C16H14ClF2N/c17-15-11(3-1-6-14(15)19)8-16(9-20-10-16)12-4-2-5-13(18)7-12/h1-7,20H,8-10H2. The van der Waals surface area contributed by atoms with Crippen molar-refractivity contribution in [3.05, 3.63) is 70.2 Å². The Labute approximate surface area is 121 Å². The molecule has 1 N–H and O–H groups in total. The molecule has 1 aliphatic rings. The van der Waals surface area contributed by atoms with E-state index in [1.807, 2.05) is 12.1 Å². The topological polar surface area (TPSA) is 12.0 Å². The van der Waals surface area contributed by atoms with Crippen LogP contribution in [0.3, 0.4) is 0 Å². The zero-order valence-corrected chi connectivity index (χ0v) is 11.6. The molecule has 1 aliphatic heterocycles. The Morgan fingerprint density at radius 1 is 1.10 bits per heavy atom. The number of benzene rings is 2. The van der Waals surface area contributed by atoms with Gasteiger partial charge in [-0.3, -0.25) is 0 Å². The van der Waals surface area contributed by atoms with E-state index in [-0.39, 0.29) is 16.3 Å². The van der Waals surface area contributed by atoms with E-state index in [2.05, 4.69) is 5.32 Å². The normalized spacial score (nSPS) is 16.8. The SMILES string of the molecule is Fc1cccc(C2(Cc3cccc(F)c3Cl)CNC2)c1. The minimum Gasteiger partial charge on any atom is -0.315 e. The van der Waals surface area contributed by atoms with Crippen LogP contribution in [0.2, 0.25) is 5.02 Å². The van der Waals surface area contributed by atoms with Crippen LogP contribution in [-0.2, 0) is 11.8 Å². The average Bonchev–Trinajstić information content (AvgIpc) is 2.38. The van der Waals surface area contributed by atoms with E-state index in [4.69, 9.17) is 11.6 Å². The van der Waals surface area contributed by atoms with Crippen LogP contribution in [-0.4, -0.2) is 13.1 Å². The van der Waals surface area contributed by atoms with Crippen LogP contribution in [0.1, 0.15) is 11.1 Å². The van der Waals surface area contributed by atoms with Gasteiger partial charge in [-0.05, 0) is 35.7 Å². The van der Waals surface area contributed by atoms with Gasteiger partial charge in [0, 0.05) is 18.5 Å². The van der Waals surface area contributed by atoms with E-state index in [1.54, 1.807) is 18.2 Å². The van der Waals surface area contributed by atoms with E-state index in [1.165, 1.54) is 12.1 Å². The van der Waals surface area contributed by atoms with E-state index >= 15 is 0 Å². The monoisotopic (exact) mass is 293 g/mol. The molecule has 1 saturated heterocycles. The van der Waals surface area contributed by atoms with Gasteiger partial charge in [-0.1, -0.05) is 35.9 Å². The third kappa shape index (κ3) is 2.32. The summed E-state index contributed by atoms with van der Waals surface area (Å²) in [6.45, 7) is 1.48. The van der Waals surface area contributed by atoms with Gasteiger partial charge in [0.2, 0.25) is 0 Å². The summed E-state index contributed by atoms with van der Waals surface area (Å²) in [4.78, 5) is 0. The van der Waals surface area contributed by atoms with Crippen LogP contribution in [0, 0.1) is 11.6 Å². The second kappa shape index (κ2) is 5.15. The molecular weight excluding hydrogens is 280 g/mol. The second-order valence-electron chi connectivity index (χ2n) is 5.28. The molecule has 0 unspecified atom stereocenters. The van der Waals surface area contributed by atoms with Crippen LogP contribution in [0.15, 0.2) is 42.5 Å². The molecule has 1 fully saturated rings. The molecule has 104 valence electrons. The van der Waals surface area contributed by atoms with Crippen LogP contribution in [0.25, 0.3) is 0 Å². The minimum absolute atomic E-state index is 0.162. The molecule has 0 bridgehead atoms. The molecule has 2 aromatic rings. The third-order valence-corrected chi connectivity index (χ3v) is 4.35. The van der Waals surface area contributed by atoms with E-state index < -0.39 is 5.82 Å². The highest BCUT2D eigenvalue weighted by molar-refractivity contribution is 6.31. The van der Waals surface area contributed by atoms with Gasteiger partial charge < -0.3 is 5.32 Å². The molecule has 4 heteroatoms. The smallest absolute Gasteiger partial charge is 0.142 e. The van der Waals surface area contributed by atoms with Crippen molar-refractivity contribution in [2.75, 3.05) is 13.1 Å². The average molecular weight is 294 g/mol. The lowest BCUT2D eigenvalue weighted by atomic mass is 9.71. The molecule has 0 saturated carbocycles. The predicted molar refractivity (Wildman–Crippen MR) is 76.1 cm³/mol. The van der Waals surface area contributed by atoms with Gasteiger partial charge >= 0.3 is 0 Å². The molecule has 1 heterocycles. The fourth-order valence-corrected chi connectivity index (χ4v) is 2.92. The molecule has 3 rings (SSSR count). The van der Waals surface area contributed by atoms with Crippen molar-refractivity contribution in [3.8, 4) is 0 Å². The highest BCUT2D eigenvalue weighted by Crippen LogP contribution is 2.35. The van der Waals surface area contributed by atoms with Gasteiger partial charge in [-0.2, -0.15) is 0 Å². The first-order valence-corrected chi connectivity index (χ1v) is 6.88. The summed E-state index contributed by atoms with van der Waals surface area (Å²) >= 11 is 6.03. The van der Waals surface area contributed by atoms with E-state index in [0.717, 1.165) is 24.2 Å². The van der Waals surface area contributed by atoms with Crippen molar-refractivity contribution in [2.24, 2.45) is 0 Å². The largest absolute Gasteiger partial charge is 0.315 e. The molecule has 20 heavy (non-hydrogen) atoms. The Balaban J connectivity index is 1.96. The molecule has 0 atom stereocenters. The molecule has 0 radical (unpaired) electrons. The van der Waals surface area contributed by atoms with Gasteiger partial charge in [-0.15, -0.1) is 0 Å². The maximum atomic E-state index is 13.5. The Kier molecular flexibility index (Phi) is 3.48. The molecular formula is C16H14ClF2N. The van der Waals surface area contributed by atoms with Gasteiger partial charge in [0.1, 0.15) is 11.6 Å². The number of rotatable bonds is 3. The summed E-state index contributed by atoms with van der Waals surface area (Å²) < 4.78 is 27.0. The Hall–Kier alpha value is -1.45. The molecule has 0 spiro atoms. The zero-order valence-electron chi connectivity index (χ0n) is 10.8. The number of nitrogens with one attached hydrogen (secondary N) is 1. The summed E-state index contributed by atoms with van der Waals surface area (Å²) in [7, 11) is 0. The predicted octanol–water partition coefficient (Wildman–Crippen LogP) is 3.70. The second-order valence-corrected chi connectivity index (χ2v) is 5.66. The van der Waals surface area contributed by atoms with Crippen molar-refractivity contribution in [2.45, 2.75) is 11.8 Å². The van der Waals surface area contributed by atoms with Crippen LogP contribution in [0.4, 0.5) is 8.78 Å². The van der Waals surface area contributed by atoms with Crippen molar-refractivity contribution < 1.29 is 8.78 Å². The Morgan fingerprint density at radius 2 is 1.85 bits per heavy atom. The van der Waals surface area contributed by atoms with Crippen LogP contribution in [0.5, 0.6) is 0 Å². The Morgan fingerprint density at radius 3 is 2.50 bits per heavy atom. The quantitative estimate of drug-likeness (QED) is 0.910. The number of hydrogen-bond donors (Lipinski definition) is 1. The van der Waals surface area contributed by atoms with Crippen LogP contribution >= 0.6 is 11.6 Å². The van der Waals surface area contributed by atoms with Gasteiger partial charge in [-0.25, -0.2) is 8.78 Å². The fourth-order valence-electron chi connectivity index (χ4n) is 2.73. The molecule has 0 aliphatic carbocycles. The van der Waals surface area contributed by atoms with Gasteiger partial charge in [0.05, 0.1) is 5.02 Å². The van der Waals surface area contributed by atoms with E-state index in [9.17, 15) is 8.78 Å². The van der Waals surface area contributed by atoms with E-state index in [0.29, 0.717) is 6.42 Å². The van der Waals surface area contributed by atoms with Crippen LogP contribution < -0.4 is 5.32 Å². The maximum absolute atomic E-state index is 13.5. The Bertz CT molecular complexity index is 638. The third-order valence-electron chi connectivity index (χ3n) is 3.92. The lowest BCUT2D eigenvalue weighted by Crippen LogP contribution is -2.58. The summed E-state index contributed by atoms with van der Waals surface area (Å²) in [6.07, 6.45) is 0.597. The lowest BCUT2D eigenvalue weighted by Gasteiger charge is -2.43. The maximum Gasteiger partial charge on any atom is 0.142 e. The van der Waals surface area contributed by atoms with Crippen molar-refractivity contribution in [1.29, 1.82) is 0 Å². The first-order valence-electron chi connectivity index (χ1n) is 6.50. The van der Waals surface area contributed by atoms with Crippen molar-refractivity contribution in [1.82, 2.24) is 5.32 Å². The fraction of sp³-hybridized carbons (Fsp3) is 0.250.